The van der Waals surface area contributed by atoms with Crippen LogP contribution in [0.1, 0.15) is 22.8 Å². The van der Waals surface area contributed by atoms with E-state index >= 15 is 0 Å². The number of carboxylic acid groups (broad SMARTS) is 2. The molecule has 0 radical (unpaired) electrons. The summed E-state index contributed by atoms with van der Waals surface area (Å²) in [5.41, 5.74) is 3.63. The predicted octanol–water partition coefficient (Wildman–Crippen LogP) is 2.99. The van der Waals surface area contributed by atoms with E-state index in [-0.39, 0.29) is 6.10 Å². The minimum Gasteiger partial charge on any atom is -0.493 e. The van der Waals surface area contributed by atoms with Crippen molar-refractivity contribution >= 4 is 11.9 Å². The number of carbonyl (C=O) groups is 2. The summed E-state index contributed by atoms with van der Waals surface area (Å²) in [7, 11) is 3.33. The fraction of sp³-hybridized carbons (Fsp3) is 0.304. The third-order valence-corrected chi connectivity index (χ3v) is 4.56. The first kappa shape index (κ1) is 23.8. The molecular formula is C23H27NO7. The Kier molecular flexibility index (Phi) is 8.90. The molecule has 1 aliphatic heterocycles. The molecule has 3 N–H and O–H groups in total. The first-order valence-electron chi connectivity index (χ1n) is 9.66. The monoisotopic (exact) mass is 429 g/mol. The van der Waals surface area contributed by atoms with Crippen molar-refractivity contribution in [3.63, 3.8) is 0 Å². The average Bonchev–Trinajstić information content (AvgIpc) is 2.95. The third kappa shape index (κ3) is 7.35. The molecule has 0 fully saturated rings. The van der Waals surface area contributed by atoms with E-state index in [1.165, 1.54) is 11.1 Å². The second-order valence-corrected chi connectivity index (χ2v) is 6.79. The van der Waals surface area contributed by atoms with Gasteiger partial charge in [0.2, 0.25) is 0 Å². The number of aliphatic carboxylic acids is 2. The third-order valence-electron chi connectivity index (χ3n) is 4.56. The molecule has 31 heavy (non-hydrogen) atoms. The van der Waals surface area contributed by atoms with Crippen molar-refractivity contribution in [1.82, 2.24) is 5.32 Å². The van der Waals surface area contributed by atoms with E-state index < -0.39 is 11.9 Å². The number of fused-ring (bicyclic) bond motifs is 1. The van der Waals surface area contributed by atoms with E-state index in [9.17, 15) is 9.59 Å². The summed E-state index contributed by atoms with van der Waals surface area (Å²) in [6.07, 6.45) is 2.02. The van der Waals surface area contributed by atoms with Crippen LogP contribution in [0.15, 0.2) is 48.6 Å². The molecule has 8 nitrogen and oxygen atoms in total. The highest BCUT2D eigenvalue weighted by Crippen LogP contribution is 2.35. The predicted molar refractivity (Wildman–Crippen MR) is 115 cm³/mol. The molecule has 8 heteroatoms. The number of nitrogens with one attached hydrogen (secondary N) is 1. The van der Waals surface area contributed by atoms with Crippen molar-refractivity contribution < 1.29 is 34.0 Å². The van der Waals surface area contributed by atoms with E-state index in [1.807, 2.05) is 18.2 Å². The number of carboxylic acids is 2. The molecule has 2 aromatic carbocycles. The molecule has 1 heterocycles. The van der Waals surface area contributed by atoms with Crippen LogP contribution in [0.2, 0.25) is 0 Å². The van der Waals surface area contributed by atoms with Gasteiger partial charge in [0.1, 0.15) is 11.9 Å². The Hall–Kier alpha value is -3.52. The zero-order valence-electron chi connectivity index (χ0n) is 17.8. The number of hydrogen-bond donors (Lipinski definition) is 3. The fourth-order valence-corrected chi connectivity index (χ4v) is 3.05. The lowest BCUT2D eigenvalue weighted by Gasteiger charge is -2.21. The molecule has 3 rings (SSSR count). The quantitative estimate of drug-likeness (QED) is 0.601. The number of hydrogen-bond acceptors (Lipinski definition) is 6. The van der Waals surface area contributed by atoms with Crippen LogP contribution in [0.25, 0.3) is 0 Å². The van der Waals surface area contributed by atoms with Crippen molar-refractivity contribution in [3.05, 3.63) is 65.2 Å². The van der Waals surface area contributed by atoms with Crippen molar-refractivity contribution in [2.45, 2.75) is 19.4 Å². The zero-order valence-corrected chi connectivity index (χ0v) is 17.8. The Labute approximate surface area is 181 Å². The van der Waals surface area contributed by atoms with E-state index in [0.717, 1.165) is 42.3 Å². The van der Waals surface area contributed by atoms with Crippen LogP contribution in [0.5, 0.6) is 17.2 Å². The van der Waals surface area contributed by atoms with Gasteiger partial charge in [0.15, 0.2) is 11.5 Å². The number of benzene rings is 2. The molecule has 0 bridgehead atoms. The molecule has 0 saturated carbocycles. The first-order chi connectivity index (χ1) is 14.8. The fourth-order valence-electron chi connectivity index (χ4n) is 3.05. The molecule has 166 valence electrons. The SMILES string of the molecule is COc1cc2c(cc1OC)C(Oc1ccc(C)cc1)CNCC2.O=C(O)/C=C\C(=O)O. The Bertz CT molecular complexity index is 906. The summed E-state index contributed by atoms with van der Waals surface area (Å²) >= 11 is 0. The summed E-state index contributed by atoms with van der Waals surface area (Å²) in [6, 6.07) is 12.3. The van der Waals surface area contributed by atoms with Gasteiger partial charge in [-0.1, -0.05) is 17.7 Å². The summed E-state index contributed by atoms with van der Waals surface area (Å²) in [5, 5.41) is 19.1. The minimum atomic E-state index is -1.26. The van der Waals surface area contributed by atoms with Crippen molar-refractivity contribution in [3.8, 4) is 17.2 Å². The highest BCUT2D eigenvalue weighted by molar-refractivity contribution is 5.89. The van der Waals surface area contributed by atoms with Gasteiger partial charge in [-0.3, -0.25) is 0 Å². The Morgan fingerprint density at radius 1 is 1.00 bits per heavy atom. The van der Waals surface area contributed by atoms with Crippen LogP contribution < -0.4 is 19.5 Å². The molecule has 1 atom stereocenters. The van der Waals surface area contributed by atoms with Crippen molar-refractivity contribution in [2.24, 2.45) is 0 Å². The van der Waals surface area contributed by atoms with Gasteiger partial charge < -0.3 is 29.7 Å². The van der Waals surface area contributed by atoms with Gasteiger partial charge in [0.05, 0.1) is 14.2 Å². The Morgan fingerprint density at radius 3 is 2.13 bits per heavy atom. The van der Waals surface area contributed by atoms with Crippen LogP contribution in [0.3, 0.4) is 0 Å². The summed E-state index contributed by atoms with van der Waals surface area (Å²) < 4.78 is 17.1. The lowest BCUT2D eigenvalue weighted by molar-refractivity contribution is -0.134. The molecule has 0 aromatic heterocycles. The molecule has 0 amide bonds. The van der Waals surface area contributed by atoms with Crippen LogP contribution in [-0.4, -0.2) is 49.5 Å². The van der Waals surface area contributed by atoms with Gasteiger partial charge >= 0.3 is 11.9 Å². The molecule has 0 saturated heterocycles. The summed E-state index contributed by atoms with van der Waals surface area (Å²) in [4.78, 5) is 19.1. The zero-order chi connectivity index (χ0) is 22.8. The molecule has 1 aliphatic rings. The maximum atomic E-state index is 9.55. The number of rotatable bonds is 6. The van der Waals surface area contributed by atoms with Crippen LogP contribution >= 0.6 is 0 Å². The second-order valence-electron chi connectivity index (χ2n) is 6.79. The normalized spacial score (nSPS) is 15.1. The van der Waals surface area contributed by atoms with Gasteiger partial charge in [-0.15, -0.1) is 0 Å². The van der Waals surface area contributed by atoms with E-state index in [1.54, 1.807) is 14.2 Å². The Balaban J connectivity index is 0.000000366. The van der Waals surface area contributed by atoms with E-state index in [2.05, 4.69) is 30.4 Å². The van der Waals surface area contributed by atoms with Gasteiger partial charge in [0, 0.05) is 24.3 Å². The van der Waals surface area contributed by atoms with Gasteiger partial charge in [-0.05, 0) is 49.7 Å². The van der Waals surface area contributed by atoms with Crippen molar-refractivity contribution in [2.75, 3.05) is 27.3 Å². The smallest absolute Gasteiger partial charge is 0.328 e. The first-order valence-corrected chi connectivity index (χ1v) is 9.66. The molecule has 0 spiro atoms. The van der Waals surface area contributed by atoms with Crippen LogP contribution in [0, 0.1) is 6.92 Å². The van der Waals surface area contributed by atoms with Crippen molar-refractivity contribution in [1.29, 1.82) is 0 Å². The molecule has 0 aliphatic carbocycles. The summed E-state index contributed by atoms with van der Waals surface area (Å²) in [6.45, 7) is 3.77. The summed E-state index contributed by atoms with van der Waals surface area (Å²) in [5.74, 6) is -0.127. The van der Waals surface area contributed by atoms with Crippen LogP contribution in [-0.2, 0) is 16.0 Å². The number of aryl methyl sites for hydroxylation is 1. The topological polar surface area (TPSA) is 114 Å². The molecule has 1 unspecified atom stereocenters. The lowest BCUT2D eigenvalue weighted by Crippen LogP contribution is -2.23. The average molecular weight is 429 g/mol. The number of ether oxygens (including phenoxy) is 3. The second kappa shape index (κ2) is 11.6. The van der Waals surface area contributed by atoms with E-state index in [4.69, 9.17) is 24.4 Å². The number of methoxy groups -OCH3 is 2. The molecular weight excluding hydrogens is 402 g/mol. The lowest BCUT2D eigenvalue weighted by atomic mass is 10.00. The largest absolute Gasteiger partial charge is 0.493 e. The molecule has 2 aromatic rings. The maximum absolute atomic E-state index is 9.55. The highest BCUT2D eigenvalue weighted by atomic mass is 16.5. The van der Waals surface area contributed by atoms with Gasteiger partial charge in [-0.2, -0.15) is 0 Å². The minimum absolute atomic E-state index is 0.0463. The maximum Gasteiger partial charge on any atom is 0.328 e. The van der Waals surface area contributed by atoms with E-state index in [0.29, 0.717) is 12.2 Å². The van der Waals surface area contributed by atoms with Crippen LogP contribution in [0.4, 0.5) is 0 Å². The standard InChI is InChI=1S/C19H23NO3.C4H4O4/c1-13-4-6-15(7-5-13)23-19-12-20-9-8-14-10-17(21-2)18(22-3)11-16(14)19;5-3(6)1-2-4(7)8/h4-7,10-11,19-20H,8-9,12H2,1-3H3;1-2H,(H,5,6)(H,7,8)/b;2-1-. The Morgan fingerprint density at radius 2 is 1.58 bits per heavy atom. The van der Waals surface area contributed by atoms with Gasteiger partial charge in [-0.25, -0.2) is 9.59 Å². The highest BCUT2D eigenvalue weighted by Gasteiger charge is 2.23. The van der Waals surface area contributed by atoms with Gasteiger partial charge in [0.25, 0.3) is 0 Å².